The van der Waals surface area contributed by atoms with E-state index in [0.29, 0.717) is 63.6 Å². The monoisotopic (exact) mass is 1760 g/mol. The SMILES string of the molecule is CC(=O)Oc1c[c-]c(-c2nnc(-c3ccc(OC(C)=O)cc3)o2)cc1.CC(O)CC(C)O.CC(O)CC(C)O.Fc1c[c-]c(-c2nnc(-c3ccc(F)cc3)o2)cc1.Fc1c[c-]c(-c2nnc(-c3ccc(F)cc3)o2)cc1.O=C(O)c1ccccn1.[Ir].[Ir].[Ir]. The zero-order valence-electron chi connectivity index (χ0n) is 47.8. The molecule has 0 aliphatic rings. The second-order valence-corrected chi connectivity index (χ2v) is 18.1. The molecule has 3 radical (unpaired) electrons. The van der Waals surface area contributed by atoms with Gasteiger partial charge in [-0.05, 0) is 125 Å². The summed E-state index contributed by atoms with van der Waals surface area (Å²) in [5.74, 6) is -0.791. The molecule has 10 aromatic rings. The summed E-state index contributed by atoms with van der Waals surface area (Å²) in [6, 6.07) is 43.9. The molecule has 4 aromatic heterocycles. The molecule has 0 amide bonds. The van der Waals surface area contributed by atoms with E-state index in [1.165, 1.54) is 92.8 Å². The molecular weight excluding hydrogens is 1700 g/mol. The van der Waals surface area contributed by atoms with E-state index in [9.17, 15) is 31.9 Å². The number of halogens is 4. The number of ether oxygens (including phenoxy) is 2. The predicted octanol–water partition coefficient (Wildman–Crippen LogP) is 11.1. The Bertz CT molecular complexity index is 3300. The second-order valence-electron chi connectivity index (χ2n) is 18.1. The molecule has 475 valence electrons. The normalized spacial score (nSPS) is 11.3. The van der Waals surface area contributed by atoms with Crippen LogP contribution in [0, 0.1) is 41.5 Å². The van der Waals surface area contributed by atoms with Crippen LogP contribution in [0.15, 0.2) is 165 Å². The minimum absolute atomic E-state index is 0. The van der Waals surface area contributed by atoms with Crippen LogP contribution in [0.3, 0.4) is 0 Å². The minimum Gasteiger partial charge on any atom is -0.477 e. The summed E-state index contributed by atoms with van der Waals surface area (Å²) in [4.78, 5) is 35.5. The fourth-order valence-electron chi connectivity index (χ4n) is 6.69. The molecular formula is C62H56F4Ir3N7O13-3. The molecule has 0 fully saturated rings. The van der Waals surface area contributed by atoms with Crippen molar-refractivity contribution in [2.24, 2.45) is 0 Å². The van der Waals surface area contributed by atoms with Crippen molar-refractivity contribution in [1.82, 2.24) is 35.6 Å². The summed E-state index contributed by atoms with van der Waals surface area (Å²) >= 11 is 0. The zero-order chi connectivity index (χ0) is 62.7. The molecule has 5 N–H and O–H groups in total. The molecule has 6 aromatic carbocycles. The van der Waals surface area contributed by atoms with Gasteiger partial charge in [0.15, 0.2) is 17.7 Å². The van der Waals surface area contributed by atoms with Gasteiger partial charge >= 0.3 is 11.9 Å². The molecule has 0 aliphatic carbocycles. The molecule has 0 spiro atoms. The molecule has 27 heteroatoms. The van der Waals surface area contributed by atoms with Crippen LogP contribution in [-0.4, -0.2) is 103 Å². The number of nitrogens with zero attached hydrogens (tertiary/aromatic N) is 7. The van der Waals surface area contributed by atoms with Gasteiger partial charge in [-0.3, -0.25) is 18.4 Å². The van der Waals surface area contributed by atoms with Crippen LogP contribution in [0.5, 0.6) is 11.5 Å². The van der Waals surface area contributed by atoms with Crippen LogP contribution >= 0.6 is 0 Å². The Hall–Kier alpha value is -8.19. The van der Waals surface area contributed by atoms with Crippen LogP contribution < -0.4 is 9.47 Å². The number of rotatable bonds is 13. The number of esters is 2. The molecule has 20 nitrogen and oxygen atoms in total. The maximum absolute atomic E-state index is 12.8. The third-order valence-corrected chi connectivity index (χ3v) is 10.4. The number of hydrogen-bond donors (Lipinski definition) is 5. The fourth-order valence-corrected chi connectivity index (χ4v) is 6.69. The van der Waals surface area contributed by atoms with E-state index in [4.69, 9.17) is 48.3 Å². The van der Waals surface area contributed by atoms with Crippen molar-refractivity contribution >= 4 is 17.9 Å². The van der Waals surface area contributed by atoms with Gasteiger partial charge in [0.05, 0.1) is 24.4 Å². The van der Waals surface area contributed by atoms with Crippen LogP contribution in [0.4, 0.5) is 17.6 Å². The predicted molar refractivity (Wildman–Crippen MR) is 302 cm³/mol. The smallest absolute Gasteiger partial charge is 0.354 e. The first-order valence-electron chi connectivity index (χ1n) is 25.7. The number of carboxylic acids is 1. The number of hydrogen-bond acceptors (Lipinski definition) is 19. The Balaban J connectivity index is 0.000000384. The van der Waals surface area contributed by atoms with E-state index in [0.717, 1.165) is 0 Å². The molecule has 89 heavy (non-hydrogen) atoms. The molecule has 4 atom stereocenters. The van der Waals surface area contributed by atoms with Gasteiger partial charge in [0.25, 0.3) is 5.97 Å². The van der Waals surface area contributed by atoms with Crippen LogP contribution in [0.1, 0.15) is 64.9 Å². The summed E-state index contributed by atoms with van der Waals surface area (Å²) in [5, 5.41) is 66.0. The van der Waals surface area contributed by atoms with Crippen molar-refractivity contribution in [3.8, 4) is 80.2 Å². The van der Waals surface area contributed by atoms with Gasteiger partial charge in [-0.1, -0.05) is 22.8 Å². The summed E-state index contributed by atoms with van der Waals surface area (Å²) in [6.45, 7) is 9.30. The summed E-state index contributed by atoms with van der Waals surface area (Å²) in [5.41, 5.74) is 3.57. The summed E-state index contributed by atoms with van der Waals surface area (Å²) in [6.07, 6.45) is 0.892. The first-order chi connectivity index (χ1) is 41.0. The van der Waals surface area contributed by atoms with Gasteiger partial charge < -0.3 is 48.3 Å². The van der Waals surface area contributed by atoms with Gasteiger partial charge in [-0.25, -0.2) is 18.6 Å². The molecule has 0 bridgehead atoms. The number of carboxylic acid groups (broad SMARTS) is 1. The Kier molecular flexibility index (Phi) is 34.3. The Morgan fingerprint density at radius 2 is 0.753 bits per heavy atom. The standard InChI is InChI=1S/C18H13N2O5.2C14H7F2N2O.C6H5NO2.2C5H12O2.3Ir/c1-11(21)23-15-7-3-13(4-8-15)17-19-20-18(25-17)14-5-9-16(10-6-14)24-12(2)22;2*15-11-5-1-9(2-6-11)13-17-18-14(19-13)10-3-7-12(16)8-4-10;8-6(9)5-3-1-2-4-7-5;2*1-4(6)3-5(2)7;;;/h3-5,7-10H,1-2H3;2*1-3,5-8H;1-4H,(H,8,9);2*4-7H,3H2,1-2H3;;;/q3*-1;;;;;;. The molecule has 0 saturated heterocycles. The van der Waals surface area contributed by atoms with Gasteiger partial charge in [0, 0.05) is 114 Å². The van der Waals surface area contributed by atoms with Crippen LogP contribution in [0.2, 0.25) is 0 Å². The van der Waals surface area contributed by atoms with Crippen molar-refractivity contribution in [1.29, 1.82) is 0 Å². The number of benzene rings is 6. The summed E-state index contributed by atoms with van der Waals surface area (Å²) in [7, 11) is 0. The van der Waals surface area contributed by atoms with E-state index in [2.05, 4.69) is 53.8 Å². The first kappa shape index (κ1) is 76.9. The number of carbonyl (C=O) groups excluding carboxylic acids is 2. The third-order valence-electron chi connectivity index (χ3n) is 10.4. The van der Waals surface area contributed by atoms with Gasteiger partial charge in [-0.15, -0.1) is 88.1 Å². The maximum atomic E-state index is 12.8. The van der Waals surface area contributed by atoms with Crippen molar-refractivity contribution in [3.05, 3.63) is 199 Å². The zero-order valence-corrected chi connectivity index (χ0v) is 55.0. The summed E-state index contributed by atoms with van der Waals surface area (Å²) < 4.78 is 77.6. The van der Waals surface area contributed by atoms with E-state index in [1.54, 1.807) is 100 Å². The Morgan fingerprint density at radius 1 is 0.438 bits per heavy atom. The third kappa shape index (κ3) is 28.2. The number of carbonyl (C=O) groups is 3. The number of aromatic carboxylic acids is 1. The van der Waals surface area contributed by atoms with Gasteiger partial charge in [0.2, 0.25) is 17.7 Å². The van der Waals surface area contributed by atoms with E-state index >= 15 is 0 Å². The molecule has 4 unspecified atom stereocenters. The average molecular weight is 1760 g/mol. The van der Waals surface area contributed by atoms with Crippen LogP contribution in [-0.2, 0) is 69.9 Å². The van der Waals surface area contributed by atoms with Crippen molar-refractivity contribution in [3.63, 3.8) is 0 Å². The molecule has 0 aliphatic heterocycles. The number of aliphatic hydroxyl groups excluding tert-OH is 4. The fraction of sp³-hybridized carbons (Fsp3) is 0.194. The van der Waals surface area contributed by atoms with Crippen molar-refractivity contribution in [2.75, 3.05) is 0 Å². The number of pyridine rings is 1. The van der Waals surface area contributed by atoms with E-state index < -0.39 is 11.9 Å². The second kappa shape index (κ2) is 39.6. The van der Waals surface area contributed by atoms with Crippen molar-refractivity contribution < 1.29 is 141 Å². The van der Waals surface area contributed by atoms with Crippen molar-refractivity contribution in [2.45, 2.75) is 78.8 Å². The Morgan fingerprint density at radius 3 is 1.02 bits per heavy atom. The number of aromatic nitrogens is 7. The average Bonchev–Trinajstić information content (AvgIpc) is 4.18. The largest absolute Gasteiger partial charge is 0.477 e. The molecule has 0 saturated carbocycles. The minimum atomic E-state index is -0.990. The molecule has 10 rings (SSSR count). The molecule has 4 heterocycles. The Labute approximate surface area is 548 Å². The van der Waals surface area contributed by atoms with Gasteiger partial charge in [0.1, 0.15) is 23.1 Å². The van der Waals surface area contributed by atoms with Gasteiger partial charge in [-0.2, -0.15) is 15.3 Å². The first-order valence-corrected chi connectivity index (χ1v) is 25.7. The van der Waals surface area contributed by atoms with E-state index in [-0.39, 0.29) is 149 Å². The topological polar surface area (TPSA) is 300 Å². The number of aliphatic hydroxyl groups is 4. The maximum Gasteiger partial charge on any atom is 0.354 e. The van der Waals surface area contributed by atoms with E-state index in [1.807, 2.05) is 0 Å². The van der Waals surface area contributed by atoms with Crippen LogP contribution in [0.25, 0.3) is 68.7 Å². The quantitative estimate of drug-likeness (QED) is 0.0310.